The van der Waals surface area contributed by atoms with E-state index in [9.17, 15) is 19.5 Å². The van der Waals surface area contributed by atoms with E-state index in [0.717, 1.165) is 26.8 Å². The highest BCUT2D eigenvalue weighted by molar-refractivity contribution is 7.19. The molecule has 5 rings (SSSR count). The van der Waals surface area contributed by atoms with Crippen LogP contribution in [-0.4, -0.2) is 74.3 Å². The minimum Gasteiger partial charge on any atom is -0.445 e. The summed E-state index contributed by atoms with van der Waals surface area (Å²) >= 11 is 2.96. The number of carbonyl (C=O) groups excluding carboxylic acids is 3. The van der Waals surface area contributed by atoms with Crippen LogP contribution in [0.5, 0.6) is 0 Å². The zero-order valence-electron chi connectivity index (χ0n) is 29.2. The molecule has 0 bridgehead atoms. The van der Waals surface area contributed by atoms with E-state index in [-0.39, 0.29) is 31.4 Å². The summed E-state index contributed by atoms with van der Waals surface area (Å²) in [6, 6.07) is 16.5. The Labute approximate surface area is 310 Å². The first-order valence-electron chi connectivity index (χ1n) is 16.9. The van der Waals surface area contributed by atoms with E-state index in [0.29, 0.717) is 18.6 Å². The maximum absolute atomic E-state index is 13.9. The number of amides is 4. The molecule has 0 radical (unpaired) electrons. The lowest BCUT2D eigenvalue weighted by Crippen LogP contribution is -2.55. The molecule has 0 unspecified atom stereocenters. The fourth-order valence-electron chi connectivity index (χ4n) is 5.53. The summed E-state index contributed by atoms with van der Waals surface area (Å²) in [7, 11) is 1.65. The van der Waals surface area contributed by atoms with Crippen molar-refractivity contribution in [2.24, 2.45) is 5.92 Å². The number of ether oxygens (including phenoxy) is 1. The lowest BCUT2D eigenvalue weighted by molar-refractivity contribution is -0.124. The lowest BCUT2D eigenvalue weighted by Gasteiger charge is -2.30. The molecule has 15 heteroatoms. The minimum absolute atomic E-state index is 0.102. The van der Waals surface area contributed by atoms with E-state index in [1.165, 1.54) is 40.2 Å². The average Bonchev–Trinajstić information content (AvgIpc) is 3.94. The van der Waals surface area contributed by atoms with Gasteiger partial charge < -0.3 is 35.1 Å². The van der Waals surface area contributed by atoms with Crippen molar-refractivity contribution in [1.82, 2.24) is 35.8 Å². The molecule has 3 heterocycles. The number of urea groups is 1. The number of benzene rings is 2. The summed E-state index contributed by atoms with van der Waals surface area (Å²) in [6.45, 7) is 3.84. The molecule has 0 aliphatic rings. The Morgan fingerprint density at radius 1 is 0.942 bits per heavy atom. The Morgan fingerprint density at radius 2 is 1.65 bits per heavy atom. The molecule has 52 heavy (non-hydrogen) atoms. The van der Waals surface area contributed by atoms with Gasteiger partial charge in [-0.05, 0) is 36.3 Å². The van der Waals surface area contributed by atoms with Gasteiger partial charge in [-0.15, -0.1) is 22.7 Å². The molecule has 2 aromatic carbocycles. The van der Waals surface area contributed by atoms with Gasteiger partial charge in [0.15, 0.2) is 28.8 Å². The molecule has 0 saturated carbocycles. The molecular formula is C37H43N7O6S2. The van der Waals surface area contributed by atoms with Gasteiger partial charge in [0, 0.05) is 30.0 Å². The Bertz CT molecular complexity index is 1820. The molecule has 0 aliphatic carbocycles. The predicted octanol–water partition coefficient (Wildman–Crippen LogP) is 5.44. The molecule has 13 nitrogen and oxygen atoms in total. The van der Waals surface area contributed by atoms with Gasteiger partial charge in [0.05, 0.1) is 30.6 Å². The molecule has 5 aromatic rings. The summed E-state index contributed by atoms with van der Waals surface area (Å²) in [5, 5.41) is 25.8. The van der Waals surface area contributed by atoms with Crippen LogP contribution in [0.25, 0.3) is 10.0 Å². The van der Waals surface area contributed by atoms with Gasteiger partial charge in [-0.2, -0.15) is 0 Å². The van der Waals surface area contributed by atoms with Crippen molar-refractivity contribution >= 4 is 40.7 Å². The molecule has 0 aliphatic heterocycles. The standard InChI is InChI=1S/C37H43N7O6S2/c1-24(2)32(43-36(47)44(3)20-28-22-52-35(41-28)34-39-14-15-51-34)33(46)40-27(16-25-10-6-4-7-11-25)18-31(45)30(17-26-12-8-5-9-13-26)42-37(48)49-21-29-19-38-23-50-29/h4-15,19,22-24,27,30-32,45H,16-18,20-21H2,1-3H3,(H,40,46)(H,42,48)(H,43,47)/t27-,30-,31-,32-/m0/s1. The normalized spacial score (nSPS) is 13.5. The summed E-state index contributed by atoms with van der Waals surface area (Å²) in [4.78, 5) is 54.3. The van der Waals surface area contributed by atoms with Gasteiger partial charge in [-0.3, -0.25) is 4.79 Å². The third kappa shape index (κ3) is 11.4. The second-order valence-electron chi connectivity index (χ2n) is 12.7. The van der Waals surface area contributed by atoms with E-state index in [1.54, 1.807) is 13.2 Å². The number of carbonyl (C=O) groups is 3. The highest BCUT2D eigenvalue weighted by atomic mass is 32.1. The topological polar surface area (TPSA) is 172 Å². The molecule has 0 spiro atoms. The fraction of sp³-hybridized carbons (Fsp3) is 0.351. The largest absolute Gasteiger partial charge is 0.445 e. The van der Waals surface area contributed by atoms with Crippen LogP contribution < -0.4 is 16.0 Å². The number of aromatic nitrogens is 3. The van der Waals surface area contributed by atoms with Gasteiger partial charge >= 0.3 is 12.1 Å². The van der Waals surface area contributed by atoms with Crippen LogP contribution in [0.15, 0.2) is 94.6 Å². The number of thiazole rings is 2. The summed E-state index contributed by atoms with van der Waals surface area (Å²) in [5.74, 6) is -0.256. The van der Waals surface area contributed by atoms with E-state index >= 15 is 0 Å². The predicted molar refractivity (Wildman–Crippen MR) is 198 cm³/mol. The number of alkyl carbamates (subject to hydrolysis) is 1. The molecule has 0 fully saturated rings. The zero-order chi connectivity index (χ0) is 36.9. The van der Waals surface area contributed by atoms with E-state index in [4.69, 9.17) is 9.15 Å². The van der Waals surface area contributed by atoms with Crippen molar-refractivity contribution in [3.05, 3.63) is 113 Å². The molecular weight excluding hydrogens is 703 g/mol. The molecule has 4 N–H and O–H groups in total. The molecule has 274 valence electrons. The number of nitrogens with one attached hydrogen (secondary N) is 3. The monoisotopic (exact) mass is 745 g/mol. The number of rotatable bonds is 17. The van der Waals surface area contributed by atoms with Crippen LogP contribution in [0.1, 0.15) is 42.8 Å². The van der Waals surface area contributed by atoms with Gasteiger partial charge in [0.25, 0.3) is 0 Å². The van der Waals surface area contributed by atoms with Gasteiger partial charge in [-0.25, -0.2) is 24.5 Å². The van der Waals surface area contributed by atoms with Crippen LogP contribution in [-0.2, 0) is 35.5 Å². The minimum atomic E-state index is -1.09. The van der Waals surface area contributed by atoms with Crippen molar-refractivity contribution < 1.29 is 28.6 Å². The van der Waals surface area contributed by atoms with E-state index < -0.39 is 36.4 Å². The van der Waals surface area contributed by atoms with Crippen LogP contribution in [0.4, 0.5) is 9.59 Å². The average molecular weight is 746 g/mol. The molecule has 3 aromatic heterocycles. The smallest absolute Gasteiger partial charge is 0.407 e. The van der Waals surface area contributed by atoms with Gasteiger partial charge in [0.2, 0.25) is 5.91 Å². The maximum Gasteiger partial charge on any atom is 0.407 e. The molecule has 0 saturated heterocycles. The lowest BCUT2D eigenvalue weighted by atomic mass is 9.93. The number of aliphatic hydroxyl groups excluding tert-OH is 1. The first kappa shape index (κ1) is 38.1. The highest BCUT2D eigenvalue weighted by Crippen LogP contribution is 2.26. The van der Waals surface area contributed by atoms with Gasteiger partial charge in [-0.1, -0.05) is 74.5 Å². The number of hydrogen-bond donors (Lipinski definition) is 4. The SMILES string of the molecule is CC(C)[C@H](NC(=O)N(C)Cc1csc(-c2nccs2)n1)C(=O)N[C@@H](Cc1ccccc1)C[C@H](O)[C@H](Cc1ccccc1)NC(=O)OCc1cnco1. The highest BCUT2D eigenvalue weighted by Gasteiger charge is 2.31. The van der Waals surface area contributed by atoms with Crippen LogP contribution in [0, 0.1) is 5.92 Å². The number of aliphatic hydroxyl groups is 1. The third-order valence-electron chi connectivity index (χ3n) is 8.23. The Balaban J connectivity index is 1.26. The zero-order valence-corrected chi connectivity index (χ0v) is 30.8. The summed E-state index contributed by atoms with van der Waals surface area (Å²) in [5.41, 5.74) is 2.56. The third-order valence-corrected chi connectivity index (χ3v) is 10.0. The number of nitrogens with zero attached hydrogens (tertiary/aromatic N) is 4. The van der Waals surface area contributed by atoms with Crippen molar-refractivity contribution in [3.8, 4) is 10.0 Å². The van der Waals surface area contributed by atoms with Crippen LogP contribution in [0.3, 0.4) is 0 Å². The summed E-state index contributed by atoms with van der Waals surface area (Å²) < 4.78 is 10.5. The second kappa shape index (κ2) is 18.9. The van der Waals surface area contributed by atoms with Gasteiger partial charge in [0.1, 0.15) is 6.04 Å². The Morgan fingerprint density at radius 3 is 2.29 bits per heavy atom. The van der Waals surface area contributed by atoms with Crippen LogP contribution in [0.2, 0.25) is 0 Å². The van der Waals surface area contributed by atoms with Crippen molar-refractivity contribution in [2.75, 3.05) is 7.05 Å². The number of oxazole rings is 1. The van der Waals surface area contributed by atoms with Crippen LogP contribution >= 0.6 is 22.7 Å². The van der Waals surface area contributed by atoms with Crippen molar-refractivity contribution in [3.63, 3.8) is 0 Å². The first-order valence-corrected chi connectivity index (χ1v) is 18.6. The van der Waals surface area contributed by atoms with Crippen molar-refractivity contribution in [2.45, 2.75) is 70.5 Å². The summed E-state index contributed by atoms with van der Waals surface area (Å²) in [6.07, 6.45) is 3.42. The van der Waals surface area contributed by atoms with E-state index in [1.807, 2.05) is 85.3 Å². The molecule has 4 amide bonds. The maximum atomic E-state index is 13.9. The number of hydrogen-bond acceptors (Lipinski definition) is 11. The van der Waals surface area contributed by atoms with E-state index in [2.05, 4.69) is 30.9 Å². The fourth-order valence-corrected chi connectivity index (χ4v) is 7.04. The quantitative estimate of drug-likeness (QED) is 0.0968. The first-order chi connectivity index (χ1) is 25.1. The Kier molecular flexibility index (Phi) is 13.9. The second-order valence-corrected chi connectivity index (χ2v) is 14.4. The molecule has 4 atom stereocenters. The van der Waals surface area contributed by atoms with Crippen molar-refractivity contribution in [1.29, 1.82) is 0 Å². The Hall–Kier alpha value is -5.12.